The molecule has 2 aromatic rings. The SMILES string of the molecule is O=C(O)C1CC(Nc2cnc3ccc(Br)c(O)c3n2)CCN1. The van der Waals surface area contributed by atoms with Gasteiger partial charge in [0.15, 0.2) is 5.75 Å². The third kappa shape index (κ3) is 2.97. The Labute approximate surface area is 134 Å². The van der Waals surface area contributed by atoms with Gasteiger partial charge in [0.25, 0.3) is 0 Å². The normalized spacial score (nSPS) is 21.7. The number of carboxylic acid groups (broad SMARTS) is 1. The van der Waals surface area contributed by atoms with E-state index in [0.717, 1.165) is 6.42 Å². The summed E-state index contributed by atoms with van der Waals surface area (Å²) < 4.78 is 0.555. The lowest BCUT2D eigenvalue weighted by Crippen LogP contribution is -2.47. The zero-order valence-corrected chi connectivity index (χ0v) is 13.2. The van der Waals surface area contributed by atoms with E-state index >= 15 is 0 Å². The van der Waals surface area contributed by atoms with Crippen LogP contribution in [0.3, 0.4) is 0 Å². The minimum atomic E-state index is -0.849. The minimum absolute atomic E-state index is 0.00314. The molecule has 1 saturated heterocycles. The molecule has 0 spiro atoms. The van der Waals surface area contributed by atoms with E-state index in [0.29, 0.717) is 34.3 Å². The van der Waals surface area contributed by atoms with Crippen molar-refractivity contribution in [2.75, 3.05) is 11.9 Å². The topological polar surface area (TPSA) is 107 Å². The van der Waals surface area contributed by atoms with Crippen molar-refractivity contribution >= 4 is 38.8 Å². The summed E-state index contributed by atoms with van der Waals surface area (Å²) in [5, 5.41) is 25.3. The third-order valence-corrected chi connectivity index (χ3v) is 4.33. The van der Waals surface area contributed by atoms with Gasteiger partial charge in [-0.3, -0.25) is 9.78 Å². The van der Waals surface area contributed by atoms with E-state index < -0.39 is 12.0 Å². The van der Waals surface area contributed by atoms with Crippen LogP contribution in [0.25, 0.3) is 11.0 Å². The molecule has 2 heterocycles. The molecule has 0 amide bonds. The van der Waals surface area contributed by atoms with Crippen molar-refractivity contribution < 1.29 is 15.0 Å². The first-order valence-corrected chi connectivity index (χ1v) is 7.71. The molecule has 1 aromatic heterocycles. The molecule has 0 aliphatic carbocycles. The lowest BCUT2D eigenvalue weighted by atomic mass is 9.99. The van der Waals surface area contributed by atoms with Crippen molar-refractivity contribution in [3.63, 3.8) is 0 Å². The van der Waals surface area contributed by atoms with Crippen molar-refractivity contribution in [2.45, 2.75) is 24.9 Å². The van der Waals surface area contributed by atoms with Crippen LogP contribution in [-0.4, -0.2) is 44.8 Å². The van der Waals surface area contributed by atoms with Crippen LogP contribution >= 0.6 is 15.9 Å². The van der Waals surface area contributed by atoms with Crippen LogP contribution in [0.15, 0.2) is 22.8 Å². The number of piperidine rings is 1. The largest absolute Gasteiger partial charge is 0.504 e. The lowest BCUT2D eigenvalue weighted by Gasteiger charge is -2.28. The Morgan fingerprint density at radius 1 is 1.45 bits per heavy atom. The van der Waals surface area contributed by atoms with Crippen LogP contribution in [0.4, 0.5) is 5.82 Å². The van der Waals surface area contributed by atoms with E-state index in [-0.39, 0.29) is 11.8 Å². The van der Waals surface area contributed by atoms with Crippen LogP contribution in [0.5, 0.6) is 5.75 Å². The number of fused-ring (bicyclic) bond motifs is 1. The third-order valence-electron chi connectivity index (χ3n) is 3.69. The number of hydrogen-bond donors (Lipinski definition) is 4. The van der Waals surface area contributed by atoms with Crippen LogP contribution in [0.1, 0.15) is 12.8 Å². The molecule has 0 saturated carbocycles. The maximum absolute atomic E-state index is 11.1. The highest BCUT2D eigenvalue weighted by molar-refractivity contribution is 9.10. The second-order valence-electron chi connectivity index (χ2n) is 5.23. The van der Waals surface area contributed by atoms with Gasteiger partial charge >= 0.3 is 5.97 Å². The molecule has 2 unspecified atom stereocenters. The molecular weight excluding hydrogens is 352 g/mol. The van der Waals surface area contributed by atoms with Gasteiger partial charge in [-0.2, -0.15) is 0 Å². The second-order valence-corrected chi connectivity index (χ2v) is 6.08. The molecule has 8 heteroatoms. The van der Waals surface area contributed by atoms with E-state index in [1.54, 1.807) is 18.3 Å². The van der Waals surface area contributed by atoms with Crippen LogP contribution < -0.4 is 10.6 Å². The molecule has 22 heavy (non-hydrogen) atoms. The van der Waals surface area contributed by atoms with Crippen molar-refractivity contribution in [3.05, 3.63) is 22.8 Å². The van der Waals surface area contributed by atoms with Gasteiger partial charge in [0.05, 0.1) is 16.2 Å². The average molecular weight is 367 g/mol. The lowest BCUT2D eigenvalue weighted by molar-refractivity contribution is -0.140. The van der Waals surface area contributed by atoms with Crippen molar-refractivity contribution in [3.8, 4) is 5.75 Å². The fraction of sp³-hybridized carbons (Fsp3) is 0.357. The highest BCUT2D eigenvalue weighted by Gasteiger charge is 2.26. The maximum atomic E-state index is 11.1. The monoisotopic (exact) mass is 366 g/mol. The second kappa shape index (κ2) is 6.05. The van der Waals surface area contributed by atoms with E-state index in [9.17, 15) is 9.90 Å². The summed E-state index contributed by atoms with van der Waals surface area (Å²) in [5.74, 6) is -0.281. The van der Waals surface area contributed by atoms with E-state index in [1.807, 2.05) is 0 Å². The molecule has 1 fully saturated rings. The van der Waals surface area contributed by atoms with Crippen molar-refractivity contribution in [2.24, 2.45) is 0 Å². The van der Waals surface area contributed by atoms with Gasteiger partial charge in [-0.15, -0.1) is 0 Å². The number of rotatable bonds is 3. The van der Waals surface area contributed by atoms with Crippen LogP contribution in [-0.2, 0) is 4.79 Å². The summed E-state index contributed by atoms with van der Waals surface area (Å²) in [6, 6.07) is 2.93. The van der Waals surface area contributed by atoms with Crippen molar-refractivity contribution in [1.82, 2.24) is 15.3 Å². The smallest absolute Gasteiger partial charge is 0.320 e. The van der Waals surface area contributed by atoms with E-state index in [1.165, 1.54) is 0 Å². The molecular formula is C14H15BrN4O3. The zero-order valence-electron chi connectivity index (χ0n) is 11.6. The number of phenols is 1. The molecule has 0 bridgehead atoms. The summed E-state index contributed by atoms with van der Waals surface area (Å²) in [6.07, 6.45) is 2.86. The molecule has 3 rings (SSSR count). The molecule has 1 aromatic carbocycles. The average Bonchev–Trinajstić information content (AvgIpc) is 2.52. The number of hydrogen-bond acceptors (Lipinski definition) is 6. The number of nitrogens with one attached hydrogen (secondary N) is 2. The zero-order chi connectivity index (χ0) is 15.7. The van der Waals surface area contributed by atoms with Gasteiger partial charge in [-0.1, -0.05) is 0 Å². The Morgan fingerprint density at radius 2 is 2.27 bits per heavy atom. The van der Waals surface area contributed by atoms with Gasteiger partial charge in [0.2, 0.25) is 0 Å². The van der Waals surface area contributed by atoms with Gasteiger partial charge in [-0.05, 0) is 47.4 Å². The van der Waals surface area contributed by atoms with Crippen molar-refractivity contribution in [1.29, 1.82) is 0 Å². The summed E-state index contributed by atoms with van der Waals surface area (Å²) in [4.78, 5) is 19.7. The van der Waals surface area contributed by atoms with Gasteiger partial charge in [-0.25, -0.2) is 4.98 Å². The fourth-order valence-electron chi connectivity index (χ4n) is 2.55. The number of benzene rings is 1. The first kappa shape index (κ1) is 15.0. The minimum Gasteiger partial charge on any atom is -0.504 e. The van der Waals surface area contributed by atoms with Gasteiger partial charge < -0.3 is 20.8 Å². The van der Waals surface area contributed by atoms with E-state index in [4.69, 9.17) is 5.11 Å². The quantitative estimate of drug-likeness (QED) is 0.654. The number of aromatic hydroxyl groups is 1. The number of aliphatic carboxylic acids is 1. The molecule has 1 aliphatic heterocycles. The number of phenolic OH excluding ortho intramolecular Hbond substituents is 1. The Morgan fingerprint density at radius 3 is 3.05 bits per heavy atom. The molecule has 1 aliphatic rings. The highest BCUT2D eigenvalue weighted by Crippen LogP contribution is 2.31. The Hall–Kier alpha value is -1.93. The predicted molar refractivity (Wildman–Crippen MR) is 85.0 cm³/mol. The first-order valence-electron chi connectivity index (χ1n) is 6.91. The maximum Gasteiger partial charge on any atom is 0.320 e. The first-order chi connectivity index (χ1) is 10.5. The van der Waals surface area contributed by atoms with Crippen LogP contribution in [0, 0.1) is 0 Å². The molecule has 7 nitrogen and oxygen atoms in total. The number of carbonyl (C=O) groups is 1. The van der Waals surface area contributed by atoms with Gasteiger partial charge in [0, 0.05) is 6.04 Å². The Kier molecular flexibility index (Phi) is 4.12. The number of carboxylic acids is 1. The molecule has 0 radical (unpaired) electrons. The predicted octanol–water partition coefficient (Wildman–Crippen LogP) is 1.71. The van der Waals surface area contributed by atoms with Crippen LogP contribution in [0.2, 0.25) is 0 Å². The standard InChI is InChI=1S/C14H15BrN4O3/c15-8-1-2-9-12(13(8)20)19-11(6-17-9)18-7-3-4-16-10(5-7)14(21)22/h1-2,6-7,10,16,20H,3-5H2,(H,18,19)(H,21,22). The summed E-state index contributed by atoms with van der Waals surface area (Å²) in [6.45, 7) is 0.631. The summed E-state index contributed by atoms with van der Waals surface area (Å²) in [5.41, 5.74) is 1.00. The summed E-state index contributed by atoms with van der Waals surface area (Å²) >= 11 is 3.25. The van der Waals surface area contributed by atoms with E-state index in [2.05, 4.69) is 36.5 Å². The number of nitrogens with zero attached hydrogens (tertiary/aromatic N) is 2. The number of anilines is 1. The molecule has 116 valence electrons. The Balaban J connectivity index is 1.82. The number of aromatic nitrogens is 2. The number of halogens is 1. The summed E-state index contributed by atoms with van der Waals surface area (Å²) in [7, 11) is 0. The molecule has 2 atom stereocenters. The fourth-order valence-corrected chi connectivity index (χ4v) is 2.87. The molecule has 4 N–H and O–H groups in total. The highest BCUT2D eigenvalue weighted by atomic mass is 79.9. The van der Waals surface area contributed by atoms with Gasteiger partial charge in [0.1, 0.15) is 17.4 Å². The Bertz CT molecular complexity index is 725.